The molecule has 208 valence electrons. The van der Waals surface area contributed by atoms with Gasteiger partial charge in [0.1, 0.15) is 6.04 Å². The maximum Gasteiger partial charge on any atom is 0.255 e. The van der Waals surface area contributed by atoms with Crippen LogP contribution >= 0.6 is 0 Å². The van der Waals surface area contributed by atoms with Gasteiger partial charge in [-0.15, -0.1) is 0 Å². The lowest BCUT2D eigenvalue weighted by Gasteiger charge is -2.38. The molecule has 1 atom stereocenters. The van der Waals surface area contributed by atoms with Gasteiger partial charge in [0.25, 0.3) is 5.91 Å². The molecule has 9 heteroatoms. The average molecular weight is 550 g/mol. The first-order valence-corrected chi connectivity index (χ1v) is 14.1. The Morgan fingerprint density at radius 3 is 2.56 bits per heavy atom. The normalized spacial score (nSPS) is 20.9. The van der Waals surface area contributed by atoms with Crippen molar-refractivity contribution in [3.05, 3.63) is 95.2 Å². The molecule has 9 nitrogen and oxygen atoms in total. The Kier molecular flexibility index (Phi) is 6.21. The molecular formula is C32H31N5O4. The average Bonchev–Trinajstić information content (AvgIpc) is 3.55. The molecule has 3 aromatic carbocycles. The van der Waals surface area contributed by atoms with Crippen molar-refractivity contribution < 1.29 is 19.5 Å². The number of benzene rings is 3. The van der Waals surface area contributed by atoms with E-state index in [-0.39, 0.29) is 18.2 Å². The number of hydrogen-bond acceptors (Lipinski definition) is 6. The summed E-state index contributed by atoms with van der Waals surface area (Å²) in [6.07, 6.45) is 3.77. The summed E-state index contributed by atoms with van der Waals surface area (Å²) < 4.78 is 1.91. The summed E-state index contributed by atoms with van der Waals surface area (Å²) in [7, 11) is 0. The van der Waals surface area contributed by atoms with Gasteiger partial charge in [0, 0.05) is 49.7 Å². The molecule has 4 aromatic rings. The number of likely N-dealkylation sites (tertiary alicyclic amines) is 1. The van der Waals surface area contributed by atoms with E-state index in [1.807, 2.05) is 53.3 Å². The largest absolute Gasteiger partial charge is 0.385 e. The van der Waals surface area contributed by atoms with Crippen molar-refractivity contribution in [2.75, 3.05) is 13.1 Å². The van der Waals surface area contributed by atoms with Crippen LogP contribution in [-0.2, 0) is 28.3 Å². The van der Waals surface area contributed by atoms with Gasteiger partial charge in [-0.3, -0.25) is 24.6 Å². The molecule has 2 saturated heterocycles. The number of rotatable bonds is 5. The Labute approximate surface area is 237 Å². The topological polar surface area (TPSA) is 108 Å². The van der Waals surface area contributed by atoms with Crippen LogP contribution in [0.1, 0.15) is 52.7 Å². The van der Waals surface area contributed by atoms with E-state index in [1.165, 1.54) is 5.56 Å². The lowest BCUT2D eigenvalue weighted by molar-refractivity contribution is -0.136. The van der Waals surface area contributed by atoms with Crippen LogP contribution in [0.25, 0.3) is 16.6 Å². The van der Waals surface area contributed by atoms with E-state index in [1.54, 1.807) is 11.0 Å². The molecule has 2 N–H and O–H groups in total. The van der Waals surface area contributed by atoms with Gasteiger partial charge in [0.15, 0.2) is 0 Å². The summed E-state index contributed by atoms with van der Waals surface area (Å²) >= 11 is 0. The Morgan fingerprint density at radius 2 is 1.78 bits per heavy atom. The Hall–Kier alpha value is -4.34. The molecule has 41 heavy (non-hydrogen) atoms. The van der Waals surface area contributed by atoms with Gasteiger partial charge < -0.3 is 10.0 Å². The van der Waals surface area contributed by atoms with Gasteiger partial charge in [0.2, 0.25) is 11.8 Å². The zero-order chi connectivity index (χ0) is 28.1. The highest BCUT2D eigenvalue weighted by atomic mass is 16.3. The molecule has 0 radical (unpaired) electrons. The fourth-order valence-electron chi connectivity index (χ4n) is 6.36. The zero-order valence-electron chi connectivity index (χ0n) is 22.6. The number of hydrogen-bond donors (Lipinski definition) is 2. The molecule has 2 fully saturated rings. The second kappa shape index (κ2) is 9.94. The number of aromatic nitrogens is 2. The van der Waals surface area contributed by atoms with Crippen molar-refractivity contribution in [2.24, 2.45) is 0 Å². The summed E-state index contributed by atoms with van der Waals surface area (Å²) in [6, 6.07) is 21.4. The summed E-state index contributed by atoms with van der Waals surface area (Å²) in [4.78, 5) is 40.9. The molecule has 3 aliphatic rings. The number of imide groups is 1. The van der Waals surface area contributed by atoms with Gasteiger partial charge in [-0.1, -0.05) is 42.5 Å². The van der Waals surface area contributed by atoms with Crippen LogP contribution in [-0.4, -0.2) is 61.5 Å². The third-order valence-corrected chi connectivity index (χ3v) is 8.74. The molecule has 1 unspecified atom stereocenters. The minimum Gasteiger partial charge on any atom is -0.385 e. The van der Waals surface area contributed by atoms with Crippen LogP contribution in [0.4, 0.5) is 0 Å². The first kappa shape index (κ1) is 25.6. The van der Waals surface area contributed by atoms with E-state index in [9.17, 15) is 19.5 Å². The molecule has 3 aliphatic heterocycles. The maximum atomic E-state index is 13.0. The van der Waals surface area contributed by atoms with Gasteiger partial charge in [-0.2, -0.15) is 5.10 Å². The molecule has 1 aromatic heterocycles. The highest BCUT2D eigenvalue weighted by Crippen LogP contribution is 2.37. The molecule has 3 amide bonds. The molecule has 7 rings (SSSR count). The summed E-state index contributed by atoms with van der Waals surface area (Å²) in [6.45, 7) is 2.57. The SMILES string of the molecule is O=C1CCC(N2Cc3cc(C4(O)CCN(Cc5ccc6cn(-c7ccccc7)nc6c5)CC4)ccc3C2=O)C(=O)N1. The van der Waals surface area contributed by atoms with Crippen molar-refractivity contribution in [3.63, 3.8) is 0 Å². The number of piperidine rings is 2. The van der Waals surface area contributed by atoms with E-state index in [0.717, 1.165) is 47.4 Å². The predicted molar refractivity (Wildman–Crippen MR) is 152 cm³/mol. The first-order chi connectivity index (χ1) is 19.9. The Balaban J connectivity index is 1.01. The molecule has 0 aliphatic carbocycles. The van der Waals surface area contributed by atoms with Gasteiger partial charge in [-0.05, 0) is 60.2 Å². The standard InChI is InChI=1S/C32H31N5O4/c38-29-11-10-28(30(39)33-29)36-19-23-17-24(8-9-26(23)31(36)40)32(41)12-14-35(15-13-32)18-21-6-7-22-20-37(34-27(22)16-21)25-4-2-1-3-5-25/h1-9,16-17,20,28,41H,10-15,18-19H2,(H,33,38,39). The van der Waals surface area contributed by atoms with E-state index in [0.29, 0.717) is 31.4 Å². The van der Waals surface area contributed by atoms with Crippen molar-refractivity contribution in [1.82, 2.24) is 24.9 Å². The highest BCUT2D eigenvalue weighted by Gasteiger charge is 2.40. The third kappa shape index (κ3) is 4.71. The van der Waals surface area contributed by atoms with Crippen molar-refractivity contribution in [2.45, 2.75) is 50.4 Å². The highest BCUT2D eigenvalue weighted by molar-refractivity contribution is 6.05. The van der Waals surface area contributed by atoms with Crippen LogP contribution < -0.4 is 5.32 Å². The van der Waals surface area contributed by atoms with Crippen molar-refractivity contribution >= 4 is 28.6 Å². The quantitative estimate of drug-likeness (QED) is 0.370. The van der Waals surface area contributed by atoms with Crippen LogP contribution in [0.5, 0.6) is 0 Å². The predicted octanol–water partition coefficient (Wildman–Crippen LogP) is 3.27. The molecule has 4 heterocycles. The van der Waals surface area contributed by atoms with Gasteiger partial charge in [-0.25, -0.2) is 4.68 Å². The zero-order valence-corrected chi connectivity index (χ0v) is 22.6. The smallest absolute Gasteiger partial charge is 0.255 e. The fraction of sp³-hybridized carbons (Fsp3) is 0.312. The number of para-hydroxylation sites is 1. The lowest BCUT2D eigenvalue weighted by Crippen LogP contribution is -2.52. The van der Waals surface area contributed by atoms with Gasteiger partial charge in [0.05, 0.1) is 16.8 Å². The third-order valence-electron chi connectivity index (χ3n) is 8.74. The summed E-state index contributed by atoms with van der Waals surface area (Å²) in [5.74, 6) is -0.920. The molecule has 0 bridgehead atoms. The van der Waals surface area contributed by atoms with E-state index >= 15 is 0 Å². The summed E-state index contributed by atoms with van der Waals surface area (Å²) in [5, 5.41) is 19.8. The Bertz CT molecular complexity index is 1670. The number of amides is 3. The van der Waals surface area contributed by atoms with Gasteiger partial charge >= 0.3 is 0 Å². The monoisotopic (exact) mass is 549 g/mol. The maximum absolute atomic E-state index is 13.0. The van der Waals surface area contributed by atoms with E-state index in [2.05, 4.69) is 28.4 Å². The van der Waals surface area contributed by atoms with Crippen LogP contribution in [0, 0.1) is 0 Å². The van der Waals surface area contributed by atoms with Crippen molar-refractivity contribution in [3.8, 4) is 5.69 Å². The minimum atomic E-state index is -0.977. The number of carbonyl (C=O) groups is 3. The van der Waals surface area contributed by atoms with Crippen LogP contribution in [0.15, 0.2) is 72.9 Å². The summed E-state index contributed by atoms with van der Waals surface area (Å²) in [5.41, 5.74) is 4.38. The second-order valence-electron chi connectivity index (χ2n) is 11.4. The first-order valence-electron chi connectivity index (χ1n) is 14.1. The number of carbonyl (C=O) groups excluding carboxylic acids is 3. The number of nitrogens with one attached hydrogen (secondary N) is 1. The molecule has 0 saturated carbocycles. The Morgan fingerprint density at radius 1 is 0.976 bits per heavy atom. The number of aliphatic hydroxyl groups is 1. The van der Waals surface area contributed by atoms with Crippen molar-refractivity contribution in [1.29, 1.82) is 0 Å². The minimum absolute atomic E-state index is 0.201. The fourth-order valence-corrected chi connectivity index (χ4v) is 6.36. The van der Waals surface area contributed by atoms with Crippen LogP contribution in [0.2, 0.25) is 0 Å². The second-order valence-corrected chi connectivity index (χ2v) is 11.4. The van der Waals surface area contributed by atoms with Crippen LogP contribution in [0.3, 0.4) is 0 Å². The molecular weight excluding hydrogens is 518 g/mol. The molecule has 0 spiro atoms. The van der Waals surface area contributed by atoms with E-state index < -0.39 is 17.6 Å². The lowest BCUT2D eigenvalue weighted by atomic mass is 9.83. The number of fused-ring (bicyclic) bond motifs is 2. The van der Waals surface area contributed by atoms with E-state index in [4.69, 9.17) is 5.10 Å². The number of nitrogens with zero attached hydrogens (tertiary/aromatic N) is 4.